The van der Waals surface area contributed by atoms with Crippen LogP contribution in [0, 0.1) is 45.3 Å². The van der Waals surface area contributed by atoms with Crippen molar-refractivity contribution in [1.29, 1.82) is 0 Å². The monoisotopic (exact) mass is 546 g/mol. The molecular weight excluding hydrogens is 496 g/mol. The maximum atomic E-state index is 14.4. The van der Waals surface area contributed by atoms with E-state index >= 15 is 0 Å². The van der Waals surface area contributed by atoms with E-state index in [4.69, 9.17) is 14.2 Å². The standard InChI is InChI=1S/C32H50O7/c1-19(2)27(36)39-32(18-25(34)37-9)17-16-30(7)21(26(32)35)10-11-23-29(6)14-13-24(38-20(3)33)28(4,5)22(29)12-15-31(23,30)8/h19,21-24H,10-18H2,1-9H3/t21-,22+,23-,24+,29+,30-,31-,32-/m1/s1. The summed E-state index contributed by atoms with van der Waals surface area (Å²) in [5, 5.41) is 0. The molecule has 0 heterocycles. The average Bonchev–Trinajstić information content (AvgIpc) is 2.84. The van der Waals surface area contributed by atoms with E-state index in [0.717, 1.165) is 44.9 Å². The van der Waals surface area contributed by atoms with Gasteiger partial charge in [-0.2, -0.15) is 0 Å². The predicted molar refractivity (Wildman–Crippen MR) is 146 cm³/mol. The number of ketones is 1. The Balaban J connectivity index is 1.68. The molecule has 7 nitrogen and oxygen atoms in total. The lowest BCUT2D eigenvalue weighted by molar-refractivity contribution is -0.241. The van der Waals surface area contributed by atoms with E-state index in [-0.39, 0.29) is 51.9 Å². The van der Waals surface area contributed by atoms with Crippen LogP contribution in [0.3, 0.4) is 0 Å². The molecule has 0 N–H and O–H groups in total. The van der Waals surface area contributed by atoms with Gasteiger partial charge in [-0.25, -0.2) is 0 Å². The van der Waals surface area contributed by atoms with Crippen LogP contribution in [0.1, 0.15) is 113 Å². The number of ether oxygens (including phenoxy) is 3. The van der Waals surface area contributed by atoms with Crippen molar-refractivity contribution >= 4 is 23.7 Å². The van der Waals surface area contributed by atoms with Crippen LogP contribution in [0.25, 0.3) is 0 Å². The number of carbonyl (C=O) groups excluding carboxylic acids is 4. The zero-order chi connectivity index (χ0) is 29.2. The summed E-state index contributed by atoms with van der Waals surface area (Å²) in [7, 11) is 1.31. The third-order valence-electron chi connectivity index (χ3n) is 12.4. The number of hydrogen-bond acceptors (Lipinski definition) is 7. The summed E-state index contributed by atoms with van der Waals surface area (Å²) in [6, 6.07) is 0. The van der Waals surface area contributed by atoms with Crippen molar-refractivity contribution in [2.24, 2.45) is 45.3 Å². The minimum atomic E-state index is -1.45. The third kappa shape index (κ3) is 4.45. The summed E-state index contributed by atoms with van der Waals surface area (Å²) < 4.78 is 16.7. The van der Waals surface area contributed by atoms with Gasteiger partial charge in [0.1, 0.15) is 6.10 Å². The molecule has 0 spiro atoms. The first kappa shape index (κ1) is 30.0. The quantitative estimate of drug-likeness (QED) is 0.306. The Morgan fingerprint density at radius 2 is 1.54 bits per heavy atom. The first-order chi connectivity index (χ1) is 18.0. The van der Waals surface area contributed by atoms with Crippen molar-refractivity contribution in [2.45, 2.75) is 125 Å². The van der Waals surface area contributed by atoms with Crippen molar-refractivity contribution in [1.82, 2.24) is 0 Å². The number of Topliss-reactive ketones (excluding diaryl/α,β-unsaturated/α-hetero) is 1. The maximum Gasteiger partial charge on any atom is 0.310 e. The van der Waals surface area contributed by atoms with Crippen LogP contribution in [0.2, 0.25) is 0 Å². The van der Waals surface area contributed by atoms with Crippen LogP contribution in [0.5, 0.6) is 0 Å². The Morgan fingerprint density at radius 1 is 0.872 bits per heavy atom. The summed E-state index contributed by atoms with van der Waals surface area (Å²) in [4.78, 5) is 51.5. The molecule has 4 aliphatic carbocycles. The summed E-state index contributed by atoms with van der Waals surface area (Å²) >= 11 is 0. The largest absolute Gasteiger partial charge is 0.469 e. The first-order valence-electron chi connectivity index (χ1n) is 15.0. The number of rotatable bonds is 5. The van der Waals surface area contributed by atoms with E-state index in [0.29, 0.717) is 18.3 Å². The summed E-state index contributed by atoms with van der Waals surface area (Å²) in [6.07, 6.45) is 6.32. The molecule has 7 heteroatoms. The van der Waals surface area contributed by atoms with E-state index in [9.17, 15) is 19.2 Å². The zero-order valence-corrected chi connectivity index (χ0v) is 25.6. The van der Waals surface area contributed by atoms with Crippen LogP contribution < -0.4 is 0 Å². The smallest absolute Gasteiger partial charge is 0.310 e. The normalized spacial score (nSPS) is 43.0. The maximum absolute atomic E-state index is 14.4. The second kappa shape index (κ2) is 9.87. The fraction of sp³-hybridized carbons (Fsp3) is 0.875. The molecule has 0 amide bonds. The van der Waals surface area contributed by atoms with Crippen molar-refractivity contribution in [3.63, 3.8) is 0 Å². The van der Waals surface area contributed by atoms with Gasteiger partial charge in [-0.05, 0) is 79.4 Å². The van der Waals surface area contributed by atoms with Crippen LogP contribution in [-0.4, -0.2) is 42.5 Å². The van der Waals surface area contributed by atoms with Gasteiger partial charge in [0.05, 0.1) is 19.4 Å². The number of fused-ring (bicyclic) bond motifs is 5. The summed E-state index contributed by atoms with van der Waals surface area (Å²) in [5.74, 6) is -1.09. The lowest BCUT2D eigenvalue weighted by Gasteiger charge is -2.71. The van der Waals surface area contributed by atoms with E-state index in [2.05, 4.69) is 34.6 Å². The Bertz CT molecular complexity index is 1030. The fourth-order valence-corrected chi connectivity index (χ4v) is 10.0. The minimum Gasteiger partial charge on any atom is -0.469 e. The molecule has 0 radical (unpaired) electrons. The molecule has 0 bridgehead atoms. The summed E-state index contributed by atoms with van der Waals surface area (Å²) in [5.41, 5.74) is -1.83. The van der Waals surface area contributed by atoms with Crippen molar-refractivity contribution in [3.8, 4) is 0 Å². The van der Waals surface area contributed by atoms with Gasteiger partial charge >= 0.3 is 17.9 Å². The predicted octanol–water partition coefficient (Wildman–Crippen LogP) is 6.06. The van der Waals surface area contributed by atoms with E-state index in [1.54, 1.807) is 13.8 Å². The van der Waals surface area contributed by atoms with E-state index < -0.39 is 23.5 Å². The number of esters is 3. The summed E-state index contributed by atoms with van der Waals surface area (Å²) in [6.45, 7) is 16.7. The zero-order valence-electron chi connectivity index (χ0n) is 25.6. The van der Waals surface area contributed by atoms with Crippen molar-refractivity contribution < 1.29 is 33.4 Å². The highest BCUT2D eigenvalue weighted by Crippen LogP contribution is 2.74. The highest BCUT2D eigenvalue weighted by atomic mass is 16.6. The van der Waals surface area contributed by atoms with Gasteiger partial charge in [0, 0.05) is 18.3 Å². The lowest BCUT2D eigenvalue weighted by atomic mass is 9.33. The highest BCUT2D eigenvalue weighted by Gasteiger charge is 2.70. The van der Waals surface area contributed by atoms with Gasteiger partial charge in [0.2, 0.25) is 0 Å². The van der Waals surface area contributed by atoms with Crippen molar-refractivity contribution in [3.05, 3.63) is 0 Å². The molecule has 39 heavy (non-hydrogen) atoms. The number of carbonyl (C=O) groups is 4. The minimum absolute atomic E-state index is 0.0688. The molecule has 0 aromatic heterocycles. The Hall–Kier alpha value is -1.92. The van der Waals surface area contributed by atoms with E-state index in [1.807, 2.05) is 0 Å². The van der Waals surface area contributed by atoms with Crippen molar-refractivity contribution in [2.75, 3.05) is 7.11 Å². The molecule has 4 aliphatic rings. The molecule has 0 aliphatic heterocycles. The van der Waals surface area contributed by atoms with Gasteiger partial charge in [-0.3, -0.25) is 19.2 Å². The third-order valence-corrected chi connectivity index (χ3v) is 12.4. The molecule has 4 saturated carbocycles. The molecule has 4 rings (SSSR count). The molecule has 0 unspecified atom stereocenters. The van der Waals surface area contributed by atoms with Gasteiger partial charge in [-0.1, -0.05) is 48.5 Å². The SMILES string of the molecule is COC(=O)C[C@]1(OC(=O)C(C)C)CC[C@]2(C)[C@H](CC[C@@H]3[C@@]4(C)CC[C@H](OC(C)=O)C(C)(C)[C@@H]4CC[C@]32C)C1=O. The number of methoxy groups -OCH3 is 1. The van der Waals surface area contributed by atoms with Gasteiger partial charge in [0.15, 0.2) is 11.4 Å². The average molecular weight is 547 g/mol. The Kier molecular flexibility index (Phi) is 7.60. The molecule has 0 saturated heterocycles. The lowest BCUT2D eigenvalue weighted by Crippen LogP contribution is -2.68. The van der Waals surface area contributed by atoms with E-state index in [1.165, 1.54) is 14.0 Å². The van der Waals surface area contributed by atoms with Crippen LogP contribution in [0.4, 0.5) is 0 Å². The fourth-order valence-electron chi connectivity index (χ4n) is 10.0. The van der Waals surface area contributed by atoms with Crippen LogP contribution in [-0.2, 0) is 33.4 Å². The first-order valence-corrected chi connectivity index (χ1v) is 15.0. The van der Waals surface area contributed by atoms with Gasteiger partial charge in [0.25, 0.3) is 0 Å². The molecule has 4 fully saturated rings. The van der Waals surface area contributed by atoms with Crippen LogP contribution in [0.15, 0.2) is 0 Å². The molecule has 0 aromatic rings. The molecule has 220 valence electrons. The van der Waals surface area contributed by atoms with Crippen LogP contribution >= 0.6 is 0 Å². The Morgan fingerprint density at radius 3 is 2.13 bits per heavy atom. The number of hydrogen-bond donors (Lipinski definition) is 0. The highest BCUT2D eigenvalue weighted by molar-refractivity contribution is 5.96. The molecule has 8 atom stereocenters. The second-order valence-corrected chi connectivity index (χ2v) is 14.8. The second-order valence-electron chi connectivity index (χ2n) is 14.8. The van der Waals surface area contributed by atoms with Gasteiger partial charge < -0.3 is 14.2 Å². The molecular formula is C32H50O7. The molecule has 0 aromatic carbocycles. The topological polar surface area (TPSA) is 96.0 Å². The van der Waals surface area contributed by atoms with Gasteiger partial charge in [-0.15, -0.1) is 0 Å². The Labute approximate surface area is 234 Å².